The molecule has 0 aliphatic rings. The van der Waals surface area contributed by atoms with Crippen LogP contribution < -0.4 is 5.32 Å². The van der Waals surface area contributed by atoms with Gasteiger partial charge in [0.2, 0.25) is 0 Å². The Morgan fingerprint density at radius 3 is 2.60 bits per heavy atom. The normalized spacial score (nSPS) is 12.8. The fourth-order valence-electron chi connectivity index (χ4n) is 4.02. The molecule has 0 radical (unpaired) electrons. The topological polar surface area (TPSA) is 97.9 Å². The predicted molar refractivity (Wildman–Crippen MR) is 122 cm³/mol. The maximum Gasteiger partial charge on any atom is 0.433 e. The molecule has 0 bridgehead atoms. The highest BCUT2D eigenvalue weighted by atomic mass is 19.4. The lowest BCUT2D eigenvalue weighted by Gasteiger charge is -2.16. The van der Waals surface area contributed by atoms with Gasteiger partial charge in [-0.2, -0.15) is 18.3 Å². The van der Waals surface area contributed by atoms with Gasteiger partial charge in [-0.25, -0.2) is 4.98 Å². The van der Waals surface area contributed by atoms with Crippen molar-refractivity contribution in [2.24, 2.45) is 7.05 Å². The summed E-state index contributed by atoms with van der Waals surface area (Å²) in [6.07, 6.45) is -0.0385. The molecule has 11 heteroatoms. The van der Waals surface area contributed by atoms with Crippen LogP contribution in [-0.2, 0) is 13.2 Å². The third-order valence-corrected chi connectivity index (χ3v) is 5.64. The van der Waals surface area contributed by atoms with Crippen molar-refractivity contribution in [1.82, 2.24) is 29.6 Å². The Kier molecular flexibility index (Phi) is 5.48. The van der Waals surface area contributed by atoms with Crippen LogP contribution in [0.4, 0.5) is 13.2 Å². The smallest absolute Gasteiger partial charge is 0.394 e. The standard InChI is InChI=1S/C24H19F3N6O2/c1-32-12-17-16-10-14(23(35)30-19(13-34)18-4-2-3-9-28-18)5-7-20(16)33(22(17)31-32)15-6-8-21(29-11-15)24(25,26)27/h2-12,19,34H,13H2,1H3,(H,30,35)/t19-/m0/s1. The van der Waals surface area contributed by atoms with Crippen molar-refractivity contribution in [1.29, 1.82) is 0 Å². The summed E-state index contributed by atoms with van der Waals surface area (Å²) in [5, 5.41) is 18.4. The van der Waals surface area contributed by atoms with Crippen LogP contribution in [0.2, 0.25) is 0 Å². The van der Waals surface area contributed by atoms with Gasteiger partial charge in [0, 0.05) is 35.8 Å². The number of benzene rings is 1. The zero-order valence-electron chi connectivity index (χ0n) is 18.4. The number of hydrogen-bond donors (Lipinski definition) is 2. The number of pyridine rings is 2. The molecule has 0 aliphatic carbocycles. The molecule has 0 spiro atoms. The van der Waals surface area contributed by atoms with Crippen molar-refractivity contribution in [3.8, 4) is 5.69 Å². The van der Waals surface area contributed by atoms with Crippen molar-refractivity contribution in [2.75, 3.05) is 6.61 Å². The number of amides is 1. The molecule has 0 saturated heterocycles. The van der Waals surface area contributed by atoms with E-state index in [2.05, 4.69) is 20.4 Å². The van der Waals surface area contributed by atoms with Crippen molar-refractivity contribution in [3.05, 3.63) is 84.1 Å². The van der Waals surface area contributed by atoms with E-state index in [1.807, 2.05) is 0 Å². The summed E-state index contributed by atoms with van der Waals surface area (Å²) >= 11 is 0. The van der Waals surface area contributed by atoms with E-state index in [4.69, 9.17) is 0 Å². The van der Waals surface area contributed by atoms with Crippen LogP contribution in [0.15, 0.2) is 67.1 Å². The van der Waals surface area contributed by atoms with Gasteiger partial charge in [0.15, 0.2) is 5.65 Å². The van der Waals surface area contributed by atoms with Gasteiger partial charge in [0.25, 0.3) is 5.91 Å². The van der Waals surface area contributed by atoms with Crippen LogP contribution in [-0.4, -0.2) is 41.9 Å². The van der Waals surface area contributed by atoms with Crippen molar-refractivity contribution >= 4 is 27.8 Å². The molecule has 1 amide bonds. The van der Waals surface area contributed by atoms with Crippen LogP contribution in [0.1, 0.15) is 27.8 Å². The molecular weight excluding hydrogens is 461 g/mol. The minimum atomic E-state index is -4.54. The lowest BCUT2D eigenvalue weighted by Crippen LogP contribution is -2.31. The van der Waals surface area contributed by atoms with E-state index in [-0.39, 0.29) is 6.61 Å². The molecule has 35 heavy (non-hydrogen) atoms. The first-order valence-corrected chi connectivity index (χ1v) is 10.6. The molecule has 5 rings (SSSR count). The number of alkyl halides is 3. The van der Waals surface area contributed by atoms with Crippen LogP contribution >= 0.6 is 0 Å². The molecule has 8 nitrogen and oxygen atoms in total. The van der Waals surface area contributed by atoms with Gasteiger partial charge in [-0.15, -0.1) is 0 Å². The number of aromatic nitrogens is 5. The molecule has 178 valence electrons. The second-order valence-corrected chi connectivity index (χ2v) is 7.97. The van der Waals surface area contributed by atoms with E-state index in [1.54, 1.807) is 65.1 Å². The maximum atomic E-state index is 13.0. The predicted octanol–water partition coefficient (Wildman–Crippen LogP) is 3.79. The first-order chi connectivity index (χ1) is 16.8. The fourth-order valence-corrected chi connectivity index (χ4v) is 4.02. The van der Waals surface area contributed by atoms with Crippen LogP contribution in [0, 0.1) is 0 Å². The number of nitrogens with one attached hydrogen (secondary N) is 1. The van der Waals surface area contributed by atoms with E-state index < -0.39 is 23.8 Å². The average molecular weight is 480 g/mol. The highest BCUT2D eigenvalue weighted by Crippen LogP contribution is 2.33. The van der Waals surface area contributed by atoms with Gasteiger partial charge in [-0.3, -0.25) is 19.0 Å². The minimum absolute atomic E-state index is 0.324. The Morgan fingerprint density at radius 2 is 1.94 bits per heavy atom. The molecule has 1 atom stereocenters. The molecule has 2 N–H and O–H groups in total. The van der Waals surface area contributed by atoms with Gasteiger partial charge >= 0.3 is 6.18 Å². The molecule has 4 aromatic heterocycles. The third-order valence-electron chi connectivity index (χ3n) is 5.64. The molecule has 0 fully saturated rings. The zero-order chi connectivity index (χ0) is 24.7. The summed E-state index contributed by atoms with van der Waals surface area (Å²) in [6, 6.07) is 11.8. The number of rotatable bonds is 5. The largest absolute Gasteiger partial charge is 0.433 e. The average Bonchev–Trinajstić information content (AvgIpc) is 3.36. The van der Waals surface area contributed by atoms with E-state index in [0.29, 0.717) is 33.5 Å². The van der Waals surface area contributed by atoms with Crippen molar-refractivity contribution in [2.45, 2.75) is 12.2 Å². The van der Waals surface area contributed by atoms with Gasteiger partial charge in [0.05, 0.1) is 35.7 Å². The van der Waals surface area contributed by atoms with E-state index >= 15 is 0 Å². The highest BCUT2D eigenvalue weighted by molar-refractivity contribution is 6.10. The summed E-state index contributed by atoms with van der Waals surface area (Å²) in [7, 11) is 1.73. The van der Waals surface area contributed by atoms with Crippen LogP contribution in [0.3, 0.4) is 0 Å². The third kappa shape index (κ3) is 4.10. The monoisotopic (exact) mass is 480 g/mol. The Hall–Kier alpha value is -4.25. The van der Waals surface area contributed by atoms with Gasteiger partial charge in [0.1, 0.15) is 5.69 Å². The Labute approximate surface area is 196 Å². The van der Waals surface area contributed by atoms with Gasteiger partial charge < -0.3 is 10.4 Å². The number of aryl methyl sites for hydroxylation is 1. The minimum Gasteiger partial charge on any atom is -0.394 e. The number of aliphatic hydroxyl groups excluding tert-OH is 1. The lowest BCUT2D eigenvalue weighted by molar-refractivity contribution is -0.141. The number of hydrogen-bond acceptors (Lipinski definition) is 5. The summed E-state index contributed by atoms with van der Waals surface area (Å²) in [5.41, 5.74) is 1.47. The number of fused-ring (bicyclic) bond motifs is 3. The maximum absolute atomic E-state index is 13.0. The number of halogens is 3. The number of aliphatic hydroxyl groups is 1. The molecule has 0 aliphatic heterocycles. The molecule has 1 aromatic carbocycles. The Morgan fingerprint density at radius 1 is 1.11 bits per heavy atom. The second-order valence-electron chi connectivity index (χ2n) is 7.97. The first kappa shape index (κ1) is 22.5. The van der Waals surface area contributed by atoms with E-state index in [0.717, 1.165) is 17.6 Å². The summed E-state index contributed by atoms with van der Waals surface area (Å²) in [4.78, 5) is 20.7. The second kappa shape index (κ2) is 8.51. The van der Waals surface area contributed by atoms with Gasteiger partial charge in [-0.1, -0.05) is 6.07 Å². The fraction of sp³-hybridized carbons (Fsp3) is 0.167. The highest BCUT2D eigenvalue weighted by Gasteiger charge is 2.32. The molecular formula is C24H19F3N6O2. The van der Waals surface area contributed by atoms with Crippen LogP contribution in [0.25, 0.3) is 27.6 Å². The quantitative estimate of drug-likeness (QED) is 0.399. The number of carbonyl (C=O) groups excluding carboxylic acids is 1. The Balaban J connectivity index is 1.56. The van der Waals surface area contributed by atoms with Gasteiger partial charge in [-0.05, 0) is 42.5 Å². The van der Waals surface area contributed by atoms with E-state index in [9.17, 15) is 23.1 Å². The molecule has 4 heterocycles. The van der Waals surface area contributed by atoms with Crippen molar-refractivity contribution < 1.29 is 23.1 Å². The van der Waals surface area contributed by atoms with E-state index in [1.165, 1.54) is 6.07 Å². The number of nitrogens with zero attached hydrogens (tertiary/aromatic N) is 5. The number of carbonyl (C=O) groups is 1. The molecule has 5 aromatic rings. The Bertz CT molecular complexity index is 1520. The zero-order valence-corrected chi connectivity index (χ0v) is 18.4. The SMILES string of the molecule is Cn1cc2c3cc(C(=O)N[C@@H](CO)c4ccccn4)ccc3n(-c3ccc(C(F)(F)F)nc3)c2n1. The molecule has 0 saturated carbocycles. The summed E-state index contributed by atoms with van der Waals surface area (Å²) in [5.74, 6) is -0.405. The molecule has 0 unspecified atom stereocenters. The van der Waals surface area contributed by atoms with Crippen LogP contribution in [0.5, 0.6) is 0 Å². The lowest BCUT2D eigenvalue weighted by atomic mass is 10.1. The van der Waals surface area contributed by atoms with Crippen molar-refractivity contribution in [3.63, 3.8) is 0 Å². The summed E-state index contributed by atoms with van der Waals surface area (Å²) < 4.78 is 42.2. The first-order valence-electron chi connectivity index (χ1n) is 10.6. The summed E-state index contributed by atoms with van der Waals surface area (Å²) in [6.45, 7) is -0.324.